The van der Waals surface area contributed by atoms with Crippen molar-refractivity contribution in [2.75, 3.05) is 0 Å². The van der Waals surface area contributed by atoms with Gasteiger partial charge in [0.15, 0.2) is 12.4 Å². The number of nitro benzene ring substituents is 2. The van der Waals surface area contributed by atoms with E-state index in [4.69, 9.17) is 0 Å². The zero-order valence-electron chi connectivity index (χ0n) is 15.7. The summed E-state index contributed by atoms with van der Waals surface area (Å²) in [4.78, 5) is 21.0. The van der Waals surface area contributed by atoms with Crippen molar-refractivity contribution in [2.24, 2.45) is 0 Å². The second kappa shape index (κ2) is 7.92. The van der Waals surface area contributed by atoms with Gasteiger partial charge in [0.1, 0.15) is 6.07 Å². The molecule has 0 saturated heterocycles. The van der Waals surface area contributed by atoms with Gasteiger partial charge in [0.05, 0.1) is 9.85 Å². The summed E-state index contributed by atoms with van der Waals surface area (Å²) in [5, 5.41) is 22.3. The fraction of sp³-hybridized carbons (Fsp3) is 0. The molecule has 0 N–H and O–H groups in total. The average Bonchev–Trinajstić information content (AvgIpc) is 2.79. The number of nitrogens with zero attached hydrogens (tertiary/aromatic N) is 3. The molecule has 1 heterocycles. The maximum atomic E-state index is 11.4. The molecule has 0 aliphatic carbocycles. The first-order valence-corrected chi connectivity index (χ1v) is 9.13. The quantitative estimate of drug-likeness (QED) is 0.265. The molecule has 0 fully saturated rings. The van der Waals surface area contributed by atoms with Crippen LogP contribution in [-0.2, 0) is 0 Å². The van der Waals surface area contributed by atoms with E-state index in [1.54, 1.807) is 17.0 Å². The Morgan fingerprint density at radius 1 is 0.600 bits per heavy atom. The monoisotopic (exact) mass is 398 g/mol. The highest BCUT2D eigenvalue weighted by Gasteiger charge is 2.26. The number of rotatable bonds is 5. The van der Waals surface area contributed by atoms with Gasteiger partial charge in [-0.2, -0.15) is 4.57 Å². The Morgan fingerprint density at radius 2 is 1.13 bits per heavy atom. The van der Waals surface area contributed by atoms with Gasteiger partial charge >= 0.3 is 5.69 Å². The molecule has 4 rings (SSSR count). The third-order valence-electron chi connectivity index (χ3n) is 4.80. The summed E-state index contributed by atoms with van der Waals surface area (Å²) < 4.78 is 1.57. The maximum Gasteiger partial charge on any atom is 0.347 e. The molecule has 7 nitrogen and oxygen atoms in total. The highest BCUT2D eigenvalue weighted by atomic mass is 16.6. The van der Waals surface area contributed by atoms with Crippen LogP contribution in [0.1, 0.15) is 0 Å². The van der Waals surface area contributed by atoms with Crippen molar-refractivity contribution in [2.45, 2.75) is 0 Å². The molecule has 0 aliphatic rings. The zero-order chi connectivity index (χ0) is 21.1. The van der Waals surface area contributed by atoms with Crippen LogP contribution in [0.5, 0.6) is 0 Å². The molecule has 0 spiro atoms. The maximum absolute atomic E-state index is 11.4. The third-order valence-corrected chi connectivity index (χ3v) is 4.80. The molecule has 3 aromatic carbocycles. The van der Waals surface area contributed by atoms with E-state index in [2.05, 4.69) is 12.1 Å². The van der Waals surface area contributed by atoms with Gasteiger partial charge in [-0.15, -0.1) is 0 Å². The van der Waals surface area contributed by atoms with Crippen LogP contribution in [0, 0.1) is 20.2 Å². The van der Waals surface area contributed by atoms with Crippen molar-refractivity contribution >= 4 is 11.4 Å². The first-order valence-electron chi connectivity index (χ1n) is 9.13. The van der Waals surface area contributed by atoms with Crippen molar-refractivity contribution in [1.82, 2.24) is 0 Å². The molecular formula is C23H16N3O4+. The molecule has 4 aromatic rings. The smallest absolute Gasteiger partial charge is 0.258 e. The number of aromatic nitrogens is 1. The van der Waals surface area contributed by atoms with Crippen LogP contribution < -0.4 is 4.57 Å². The average molecular weight is 398 g/mol. The molecule has 1 aromatic heterocycles. The van der Waals surface area contributed by atoms with Gasteiger partial charge in [-0.3, -0.25) is 20.2 Å². The van der Waals surface area contributed by atoms with E-state index in [1.165, 1.54) is 12.1 Å². The van der Waals surface area contributed by atoms with Crippen LogP contribution in [0.3, 0.4) is 0 Å². The molecule has 0 unspecified atom stereocenters. The number of hydrogen-bond donors (Lipinski definition) is 0. The third kappa shape index (κ3) is 3.77. The van der Waals surface area contributed by atoms with Gasteiger partial charge in [-0.25, -0.2) is 0 Å². The van der Waals surface area contributed by atoms with Gasteiger partial charge in [-0.05, 0) is 22.3 Å². The summed E-state index contributed by atoms with van der Waals surface area (Å²) >= 11 is 0. The molecule has 146 valence electrons. The lowest BCUT2D eigenvalue weighted by atomic mass is 10.0. The molecule has 0 amide bonds. The van der Waals surface area contributed by atoms with E-state index in [9.17, 15) is 20.2 Å². The van der Waals surface area contributed by atoms with E-state index >= 15 is 0 Å². The molecule has 0 bridgehead atoms. The highest BCUT2D eigenvalue weighted by Crippen LogP contribution is 2.26. The van der Waals surface area contributed by atoms with E-state index in [0.29, 0.717) is 0 Å². The van der Waals surface area contributed by atoms with Crippen molar-refractivity contribution in [3.05, 3.63) is 118 Å². The summed E-state index contributed by atoms with van der Waals surface area (Å²) in [6.45, 7) is 0. The molecule has 7 heteroatoms. The van der Waals surface area contributed by atoms with Crippen molar-refractivity contribution in [1.29, 1.82) is 0 Å². The van der Waals surface area contributed by atoms with E-state index in [-0.39, 0.29) is 17.1 Å². The van der Waals surface area contributed by atoms with E-state index < -0.39 is 9.85 Å². The minimum absolute atomic E-state index is 0.261. The van der Waals surface area contributed by atoms with Gasteiger partial charge < -0.3 is 0 Å². The Hall–Kier alpha value is -4.39. The molecule has 0 saturated carbocycles. The van der Waals surface area contributed by atoms with Crippen LogP contribution in [0.15, 0.2) is 97.3 Å². The number of benzene rings is 3. The Kier molecular flexibility index (Phi) is 5.00. The number of non-ortho nitro benzene ring substituents is 1. The summed E-state index contributed by atoms with van der Waals surface area (Å²) in [5.74, 6) is 0. The lowest BCUT2D eigenvalue weighted by Crippen LogP contribution is -2.30. The Morgan fingerprint density at radius 3 is 1.67 bits per heavy atom. The Balaban J connectivity index is 1.64. The summed E-state index contributed by atoms with van der Waals surface area (Å²) in [6, 6.07) is 25.5. The number of nitro groups is 2. The molecule has 0 atom stereocenters. The van der Waals surface area contributed by atoms with Crippen molar-refractivity contribution in [3.8, 4) is 27.9 Å². The number of hydrogen-bond acceptors (Lipinski definition) is 4. The van der Waals surface area contributed by atoms with Crippen LogP contribution in [-0.4, -0.2) is 9.85 Å². The molecule has 30 heavy (non-hydrogen) atoms. The second-order valence-electron chi connectivity index (χ2n) is 6.62. The fourth-order valence-electron chi connectivity index (χ4n) is 3.26. The molecule has 0 aliphatic heterocycles. The van der Waals surface area contributed by atoms with Gasteiger partial charge in [-0.1, -0.05) is 54.6 Å². The first kappa shape index (κ1) is 18.9. The summed E-state index contributed by atoms with van der Waals surface area (Å²) in [5.41, 5.74) is 3.84. The van der Waals surface area contributed by atoms with Crippen LogP contribution in [0.4, 0.5) is 11.4 Å². The summed E-state index contributed by atoms with van der Waals surface area (Å²) in [7, 11) is 0. The second-order valence-corrected chi connectivity index (χ2v) is 6.62. The van der Waals surface area contributed by atoms with Crippen LogP contribution in [0.25, 0.3) is 27.9 Å². The van der Waals surface area contributed by atoms with Crippen molar-refractivity contribution < 1.29 is 14.4 Å². The SMILES string of the molecule is O=[N+]([O-])c1ccc(-[n+]2ccc(-c3ccc(-c4ccccc4)cc3)cc2)c([N+](=O)[O-])c1. The normalized spacial score (nSPS) is 10.5. The van der Waals surface area contributed by atoms with Crippen LogP contribution >= 0.6 is 0 Å². The standard InChI is InChI=1S/C23H16N3O4/c27-25(28)21-10-11-22(23(16-21)26(29)30)24-14-12-20(13-15-24)19-8-6-18(7-9-19)17-4-2-1-3-5-17/h1-16H/q+1. The lowest BCUT2D eigenvalue weighted by molar-refractivity contribution is -0.600. The van der Waals surface area contributed by atoms with Gasteiger partial charge in [0.25, 0.3) is 11.4 Å². The largest absolute Gasteiger partial charge is 0.347 e. The minimum Gasteiger partial charge on any atom is -0.258 e. The Bertz CT molecular complexity index is 1220. The number of pyridine rings is 1. The zero-order valence-corrected chi connectivity index (χ0v) is 15.7. The molecular weight excluding hydrogens is 382 g/mol. The summed E-state index contributed by atoms with van der Waals surface area (Å²) in [6.07, 6.45) is 3.41. The van der Waals surface area contributed by atoms with Crippen molar-refractivity contribution in [3.63, 3.8) is 0 Å². The molecule has 0 radical (unpaired) electrons. The van der Waals surface area contributed by atoms with Gasteiger partial charge in [0, 0.05) is 24.3 Å². The predicted octanol–water partition coefficient (Wildman–Crippen LogP) is 5.11. The topological polar surface area (TPSA) is 90.2 Å². The Labute approximate surface area is 171 Å². The van der Waals surface area contributed by atoms with E-state index in [0.717, 1.165) is 28.3 Å². The van der Waals surface area contributed by atoms with E-state index in [1.807, 2.05) is 54.6 Å². The highest BCUT2D eigenvalue weighted by molar-refractivity contribution is 5.70. The lowest BCUT2D eigenvalue weighted by Gasteiger charge is -2.05. The fourth-order valence-corrected chi connectivity index (χ4v) is 3.26. The predicted molar refractivity (Wildman–Crippen MR) is 112 cm³/mol. The first-order chi connectivity index (χ1) is 14.5. The van der Waals surface area contributed by atoms with Crippen LogP contribution in [0.2, 0.25) is 0 Å². The van der Waals surface area contributed by atoms with Gasteiger partial charge in [0.2, 0.25) is 0 Å². The minimum atomic E-state index is -0.649.